The van der Waals surface area contributed by atoms with Gasteiger partial charge in [-0.1, -0.05) is 58.7 Å². The SMILES string of the molecule is CCC.CCC(NC(C)C)c1ccc(F)c(Cl)c1. The second kappa shape index (κ2) is 9.35. The maximum atomic E-state index is 13.0. The van der Waals surface area contributed by atoms with Crippen molar-refractivity contribution in [1.29, 1.82) is 0 Å². The van der Waals surface area contributed by atoms with Crippen LogP contribution in [-0.4, -0.2) is 6.04 Å². The van der Waals surface area contributed by atoms with Gasteiger partial charge < -0.3 is 5.32 Å². The maximum Gasteiger partial charge on any atom is 0.141 e. The van der Waals surface area contributed by atoms with Crippen LogP contribution in [0.25, 0.3) is 0 Å². The van der Waals surface area contributed by atoms with Gasteiger partial charge in [-0.3, -0.25) is 0 Å². The van der Waals surface area contributed by atoms with E-state index < -0.39 is 0 Å². The lowest BCUT2D eigenvalue weighted by Crippen LogP contribution is -2.27. The fourth-order valence-electron chi connectivity index (χ4n) is 1.58. The van der Waals surface area contributed by atoms with E-state index in [0.29, 0.717) is 6.04 Å². The zero-order valence-electron chi connectivity index (χ0n) is 12.1. The van der Waals surface area contributed by atoms with Crippen molar-refractivity contribution in [1.82, 2.24) is 5.32 Å². The second-order valence-corrected chi connectivity index (χ2v) is 5.07. The largest absolute Gasteiger partial charge is 0.308 e. The van der Waals surface area contributed by atoms with Gasteiger partial charge in [-0.05, 0) is 24.1 Å². The molecule has 1 aromatic rings. The predicted octanol–water partition coefficient (Wildman–Crippen LogP) is 5.34. The molecule has 1 nitrogen and oxygen atoms in total. The van der Waals surface area contributed by atoms with E-state index >= 15 is 0 Å². The van der Waals surface area contributed by atoms with Gasteiger partial charge in [0.1, 0.15) is 5.82 Å². The van der Waals surface area contributed by atoms with Crippen LogP contribution in [0.1, 0.15) is 59.1 Å². The Morgan fingerprint density at radius 1 is 1.22 bits per heavy atom. The van der Waals surface area contributed by atoms with Crippen LogP contribution in [0.3, 0.4) is 0 Å². The minimum atomic E-state index is -0.361. The number of nitrogens with one attached hydrogen (secondary N) is 1. The highest BCUT2D eigenvalue weighted by Crippen LogP contribution is 2.23. The van der Waals surface area contributed by atoms with Crippen molar-refractivity contribution in [3.8, 4) is 0 Å². The van der Waals surface area contributed by atoms with Gasteiger partial charge in [-0.25, -0.2) is 4.39 Å². The lowest BCUT2D eigenvalue weighted by atomic mass is 10.0. The third-order valence-corrected chi connectivity index (χ3v) is 2.58. The summed E-state index contributed by atoms with van der Waals surface area (Å²) >= 11 is 5.75. The van der Waals surface area contributed by atoms with E-state index in [4.69, 9.17) is 11.6 Å². The van der Waals surface area contributed by atoms with E-state index in [1.165, 1.54) is 12.5 Å². The minimum absolute atomic E-state index is 0.191. The maximum absolute atomic E-state index is 13.0. The highest BCUT2D eigenvalue weighted by molar-refractivity contribution is 6.30. The Labute approximate surface area is 116 Å². The quantitative estimate of drug-likeness (QED) is 0.780. The molecule has 0 spiro atoms. The number of halogens is 2. The third-order valence-electron chi connectivity index (χ3n) is 2.29. The normalized spacial score (nSPS) is 12.0. The van der Waals surface area contributed by atoms with Gasteiger partial charge in [-0.2, -0.15) is 0 Å². The molecule has 1 atom stereocenters. The van der Waals surface area contributed by atoms with Gasteiger partial charge in [0.15, 0.2) is 0 Å². The Balaban J connectivity index is 0.000000873. The standard InChI is InChI=1S/C12H17ClFN.C3H8/c1-4-12(15-8(2)3)9-5-6-11(14)10(13)7-9;1-3-2/h5-8,12,15H,4H2,1-3H3;3H2,1-2H3. The first-order chi connectivity index (χ1) is 8.46. The number of hydrogen-bond donors (Lipinski definition) is 1. The van der Waals surface area contributed by atoms with Crippen molar-refractivity contribution in [2.75, 3.05) is 0 Å². The summed E-state index contributed by atoms with van der Waals surface area (Å²) in [6.45, 7) is 10.5. The summed E-state index contributed by atoms with van der Waals surface area (Å²) in [5.41, 5.74) is 1.04. The molecule has 0 aromatic heterocycles. The fraction of sp³-hybridized carbons (Fsp3) is 0.600. The summed E-state index contributed by atoms with van der Waals surface area (Å²) < 4.78 is 13.0. The molecule has 0 aliphatic heterocycles. The van der Waals surface area contributed by atoms with Crippen LogP contribution in [0.2, 0.25) is 5.02 Å². The molecule has 3 heteroatoms. The Hall–Kier alpha value is -0.600. The second-order valence-electron chi connectivity index (χ2n) is 4.66. The molecule has 0 saturated heterocycles. The van der Waals surface area contributed by atoms with Crippen LogP contribution >= 0.6 is 11.6 Å². The molecule has 1 aromatic carbocycles. The van der Waals surface area contributed by atoms with Crippen molar-refractivity contribution in [3.05, 3.63) is 34.6 Å². The number of benzene rings is 1. The van der Waals surface area contributed by atoms with Crippen LogP contribution < -0.4 is 5.32 Å². The van der Waals surface area contributed by atoms with Gasteiger partial charge >= 0.3 is 0 Å². The molecule has 0 bridgehead atoms. The van der Waals surface area contributed by atoms with E-state index in [0.717, 1.165) is 12.0 Å². The molecule has 1 rings (SSSR count). The molecule has 0 saturated carbocycles. The highest BCUT2D eigenvalue weighted by Gasteiger charge is 2.11. The van der Waals surface area contributed by atoms with Crippen LogP contribution in [-0.2, 0) is 0 Å². The van der Waals surface area contributed by atoms with E-state index in [1.54, 1.807) is 12.1 Å². The van der Waals surface area contributed by atoms with Crippen molar-refractivity contribution >= 4 is 11.6 Å². The van der Waals surface area contributed by atoms with Gasteiger partial charge in [0.2, 0.25) is 0 Å². The van der Waals surface area contributed by atoms with Crippen molar-refractivity contribution in [3.63, 3.8) is 0 Å². The number of hydrogen-bond acceptors (Lipinski definition) is 1. The molecule has 0 aliphatic rings. The summed E-state index contributed by atoms with van der Waals surface area (Å²) in [5.74, 6) is -0.361. The van der Waals surface area contributed by atoms with E-state index in [9.17, 15) is 4.39 Å². The molecular weight excluding hydrogens is 249 g/mol. The molecule has 0 amide bonds. The Kier molecular flexibility index (Phi) is 9.03. The Morgan fingerprint density at radius 3 is 2.17 bits per heavy atom. The van der Waals surface area contributed by atoms with Gasteiger partial charge in [0.05, 0.1) is 5.02 Å². The van der Waals surface area contributed by atoms with Gasteiger partial charge in [0.25, 0.3) is 0 Å². The molecule has 1 N–H and O–H groups in total. The Bertz CT molecular complexity index is 339. The van der Waals surface area contributed by atoms with E-state index in [-0.39, 0.29) is 16.9 Å². The van der Waals surface area contributed by atoms with E-state index in [1.807, 2.05) is 0 Å². The highest BCUT2D eigenvalue weighted by atomic mass is 35.5. The summed E-state index contributed by atoms with van der Waals surface area (Å²) in [6, 6.07) is 5.54. The molecule has 0 heterocycles. The summed E-state index contributed by atoms with van der Waals surface area (Å²) in [7, 11) is 0. The summed E-state index contributed by atoms with van der Waals surface area (Å²) in [6.07, 6.45) is 2.21. The van der Waals surface area contributed by atoms with Crippen molar-refractivity contribution < 1.29 is 4.39 Å². The van der Waals surface area contributed by atoms with Crippen molar-refractivity contribution in [2.24, 2.45) is 0 Å². The first-order valence-electron chi connectivity index (χ1n) is 6.67. The lowest BCUT2D eigenvalue weighted by Gasteiger charge is -2.20. The zero-order valence-corrected chi connectivity index (χ0v) is 12.8. The first kappa shape index (κ1) is 17.4. The van der Waals surface area contributed by atoms with E-state index in [2.05, 4.69) is 39.9 Å². The molecule has 104 valence electrons. The average Bonchev–Trinajstić information content (AvgIpc) is 2.30. The third kappa shape index (κ3) is 6.36. The van der Waals surface area contributed by atoms with Crippen LogP contribution in [0, 0.1) is 5.82 Å². The van der Waals surface area contributed by atoms with Crippen LogP contribution in [0.15, 0.2) is 18.2 Å². The summed E-state index contributed by atoms with van der Waals surface area (Å²) in [5, 5.41) is 3.60. The smallest absolute Gasteiger partial charge is 0.141 e. The van der Waals surface area contributed by atoms with Crippen LogP contribution in [0.4, 0.5) is 4.39 Å². The minimum Gasteiger partial charge on any atom is -0.308 e. The first-order valence-corrected chi connectivity index (χ1v) is 7.04. The topological polar surface area (TPSA) is 12.0 Å². The lowest BCUT2D eigenvalue weighted by molar-refractivity contribution is 0.465. The summed E-state index contributed by atoms with van der Waals surface area (Å²) in [4.78, 5) is 0. The zero-order chi connectivity index (χ0) is 14.1. The monoisotopic (exact) mass is 273 g/mol. The average molecular weight is 274 g/mol. The van der Waals surface area contributed by atoms with Gasteiger partial charge in [0, 0.05) is 12.1 Å². The Morgan fingerprint density at radius 2 is 1.78 bits per heavy atom. The predicted molar refractivity (Wildman–Crippen MR) is 78.7 cm³/mol. The molecule has 18 heavy (non-hydrogen) atoms. The number of rotatable bonds is 4. The van der Waals surface area contributed by atoms with Crippen molar-refractivity contribution in [2.45, 2.75) is 59.5 Å². The fourth-order valence-corrected chi connectivity index (χ4v) is 1.77. The molecule has 1 unspecified atom stereocenters. The van der Waals surface area contributed by atoms with Crippen LogP contribution in [0.5, 0.6) is 0 Å². The molecule has 0 fully saturated rings. The molecular formula is C15H25ClFN. The molecule has 0 radical (unpaired) electrons. The molecule has 0 aliphatic carbocycles. The van der Waals surface area contributed by atoms with Gasteiger partial charge in [-0.15, -0.1) is 0 Å².